The first-order chi connectivity index (χ1) is 13.0. The number of hydrogen-bond acceptors (Lipinski definition) is 5. The number of aromatic nitrogens is 4. The Bertz CT molecular complexity index is 969. The quantitative estimate of drug-likeness (QED) is 0.549. The maximum absolute atomic E-state index is 13.3. The molecule has 1 aromatic carbocycles. The van der Waals surface area contributed by atoms with Crippen molar-refractivity contribution in [1.82, 2.24) is 20.2 Å². The summed E-state index contributed by atoms with van der Waals surface area (Å²) in [5, 5.41) is 14.2. The number of hydrogen-bond donors (Lipinski definition) is 3. The molecule has 0 spiro atoms. The van der Waals surface area contributed by atoms with Crippen LogP contribution in [0.1, 0.15) is 48.8 Å². The van der Waals surface area contributed by atoms with Gasteiger partial charge in [-0.15, -0.1) is 0 Å². The molecule has 8 heteroatoms. The van der Waals surface area contributed by atoms with Gasteiger partial charge in [-0.05, 0) is 44.4 Å². The normalized spacial score (nSPS) is 14.8. The Morgan fingerprint density at radius 2 is 1.93 bits per heavy atom. The zero-order chi connectivity index (χ0) is 19.0. The van der Waals surface area contributed by atoms with E-state index in [-0.39, 0.29) is 11.9 Å². The van der Waals surface area contributed by atoms with E-state index in [1.807, 2.05) is 26.0 Å². The first-order valence-electron chi connectivity index (χ1n) is 8.87. The van der Waals surface area contributed by atoms with Gasteiger partial charge < -0.3 is 10.6 Å². The van der Waals surface area contributed by atoms with Crippen LogP contribution in [0.5, 0.6) is 0 Å². The Hall–Kier alpha value is -2.67. The third-order valence-corrected chi connectivity index (χ3v) is 4.83. The van der Waals surface area contributed by atoms with Gasteiger partial charge in [0.2, 0.25) is 0 Å². The highest BCUT2D eigenvalue weighted by Gasteiger charge is 2.25. The molecule has 0 unspecified atom stereocenters. The zero-order valence-electron chi connectivity index (χ0n) is 15.1. The molecule has 140 valence electrons. The lowest BCUT2D eigenvalue weighted by Gasteiger charge is -2.17. The van der Waals surface area contributed by atoms with Crippen LogP contribution in [0.25, 0.3) is 0 Å². The molecule has 0 bridgehead atoms. The van der Waals surface area contributed by atoms with Crippen molar-refractivity contribution in [2.75, 3.05) is 10.6 Å². The number of halogens is 2. The van der Waals surface area contributed by atoms with E-state index in [1.54, 1.807) is 6.07 Å². The van der Waals surface area contributed by atoms with Gasteiger partial charge in [0, 0.05) is 28.8 Å². The lowest BCUT2D eigenvalue weighted by atomic mass is 10.1. The van der Waals surface area contributed by atoms with Gasteiger partial charge in [0.1, 0.15) is 23.3 Å². The summed E-state index contributed by atoms with van der Waals surface area (Å²) in [6.07, 6.45) is 2.43. The predicted molar refractivity (Wildman–Crippen MR) is 104 cm³/mol. The molecule has 0 saturated heterocycles. The largest absolute Gasteiger partial charge is 0.363 e. The monoisotopic (exact) mass is 386 g/mol. The molecule has 2 aromatic heterocycles. The van der Waals surface area contributed by atoms with Crippen LogP contribution < -0.4 is 10.6 Å². The fraction of sp³-hybridized carbons (Fsp3) is 0.316. The van der Waals surface area contributed by atoms with Crippen LogP contribution in [0.3, 0.4) is 0 Å². The van der Waals surface area contributed by atoms with E-state index in [4.69, 9.17) is 11.6 Å². The number of H-pyrrole nitrogens is 1. The van der Waals surface area contributed by atoms with Gasteiger partial charge >= 0.3 is 0 Å². The number of aromatic amines is 1. The molecule has 0 aliphatic heterocycles. The maximum Gasteiger partial charge on any atom is 0.153 e. The van der Waals surface area contributed by atoms with Crippen molar-refractivity contribution in [1.29, 1.82) is 0 Å². The number of nitrogens with one attached hydrogen (secondary N) is 3. The van der Waals surface area contributed by atoms with Crippen LogP contribution in [0.2, 0.25) is 5.02 Å². The third-order valence-electron chi connectivity index (χ3n) is 4.50. The molecule has 27 heavy (non-hydrogen) atoms. The molecular weight excluding hydrogens is 367 g/mol. The second-order valence-corrected chi connectivity index (χ2v) is 7.23. The average Bonchev–Trinajstić information content (AvgIpc) is 3.34. The standard InChI is InChI=1S/C19H20ClFN6/c1-10(14-6-5-13(21)7-15(14)20)22-17-9-18(24-11(2)23-17)25-19-8-16(26-27-19)12-3-4-12/h5-10,12H,3-4H2,1-2H3,(H3,22,23,24,25,26,27)/t10-/m1/s1. The maximum atomic E-state index is 13.3. The summed E-state index contributed by atoms with van der Waals surface area (Å²) in [5.41, 5.74) is 1.95. The molecule has 1 saturated carbocycles. The fourth-order valence-electron chi connectivity index (χ4n) is 2.99. The zero-order valence-corrected chi connectivity index (χ0v) is 15.8. The Morgan fingerprint density at radius 1 is 1.15 bits per heavy atom. The minimum Gasteiger partial charge on any atom is -0.363 e. The summed E-state index contributed by atoms with van der Waals surface area (Å²) in [6, 6.07) is 8.06. The molecule has 0 amide bonds. The van der Waals surface area contributed by atoms with E-state index in [1.165, 1.54) is 25.0 Å². The topological polar surface area (TPSA) is 78.5 Å². The summed E-state index contributed by atoms with van der Waals surface area (Å²) < 4.78 is 13.3. The van der Waals surface area contributed by atoms with Gasteiger partial charge in [0.05, 0.1) is 6.04 Å². The second kappa shape index (κ2) is 7.15. The molecule has 1 fully saturated rings. The van der Waals surface area contributed by atoms with Gasteiger partial charge in [0.25, 0.3) is 0 Å². The fourth-order valence-corrected chi connectivity index (χ4v) is 3.32. The Kier molecular flexibility index (Phi) is 4.70. The number of anilines is 3. The molecule has 1 atom stereocenters. The number of benzene rings is 1. The Balaban J connectivity index is 1.50. The molecule has 2 heterocycles. The number of nitrogens with zero attached hydrogens (tertiary/aromatic N) is 3. The minimum atomic E-state index is -0.357. The first kappa shape index (κ1) is 17.7. The molecule has 1 aliphatic carbocycles. The predicted octanol–water partition coefficient (Wildman–Crippen LogP) is 5.09. The number of rotatable bonds is 6. The molecule has 6 nitrogen and oxygen atoms in total. The van der Waals surface area contributed by atoms with Crippen molar-refractivity contribution in [3.63, 3.8) is 0 Å². The lowest BCUT2D eigenvalue weighted by molar-refractivity contribution is 0.626. The van der Waals surface area contributed by atoms with Crippen molar-refractivity contribution >= 4 is 29.1 Å². The van der Waals surface area contributed by atoms with E-state index in [9.17, 15) is 4.39 Å². The minimum absolute atomic E-state index is 0.146. The molecule has 3 N–H and O–H groups in total. The van der Waals surface area contributed by atoms with E-state index in [2.05, 4.69) is 30.8 Å². The molecular formula is C19H20ClFN6. The summed E-state index contributed by atoms with van der Waals surface area (Å²) in [7, 11) is 0. The molecule has 0 radical (unpaired) electrons. The van der Waals surface area contributed by atoms with E-state index in [0.29, 0.717) is 28.4 Å². The van der Waals surface area contributed by atoms with Gasteiger partial charge in [-0.2, -0.15) is 5.10 Å². The van der Waals surface area contributed by atoms with Crippen LogP contribution in [0, 0.1) is 12.7 Å². The number of aryl methyl sites for hydroxylation is 1. The van der Waals surface area contributed by atoms with Crippen LogP contribution in [0.15, 0.2) is 30.3 Å². The Labute approximate surface area is 161 Å². The van der Waals surface area contributed by atoms with Crippen LogP contribution >= 0.6 is 11.6 Å². The Morgan fingerprint density at radius 3 is 2.67 bits per heavy atom. The van der Waals surface area contributed by atoms with Crippen molar-refractivity contribution in [3.8, 4) is 0 Å². The average molecular weight is 387 g/mol. The molecule has 4 rings (SSSR count). The van der Waals surface area contributed by atoms with Crippen molar-refractivity contribution in [2.24, 2.45) is 0 Å². The van der Waals surface area contributed by atoms with Crippen molar-refractivity contribution in [2.45, 2.75) is 38.6 Å². The third kappa shape index (κ3) is 4.19. The van der Waals surface area contributed by atoms with Crippen molar-refractivity contribution < 1.29 is 4.39 Å². The summed E-state index contributed by atoms with van der Waals surface area (Å²) in [6.45, 7) is 3.77. The van der Waals surface area contributed by atoms with E-state index >= 15 is 0 Å². The highest BCUT2D eigenvalue weighted by molar-refractivity contribution is 6.31. The van der Waals surface area contributed by atoms with Gasteiger partial charge in [-0.3, -0.25) is 5.10 Å². The lowest BCUT2D eigenvalue weighted by Crippen LogP contribution is -2.10. The van der Waals surface area contributed by atoms with Crippen LogP contribution in [0.4, 0.5) is 21.8 Å². The van der Waals surface area contributed by atoms with Gasteiger partial charge in [-0.1, -0.05) is 17.7 Å². The van der Waals surface area contributed by atoms with E-state index in [0.717, 1.165) is 17.1 Å². The highest BCUT2D eigenvalue weighted by Crippen LogP contribution is 2.39. The summed E-state index contributed by atoms with van der Waals surface area (Å²) in [5.74, 6) is 2.91. The highest BCUT2D eigenvalue weighted by atomic mass is 35.5. The second-order valence-electron chi connectivity index (χ2n) is 6.83. The van der Waals surface area contributed by atoms with Crippen LogP contribution in [-0.4, -0.2) is 20.2 Å². The van der Waals surface area contributed by atoms with Crippen molar-refractivity contribution in [3.05, 3.63) is 58.3 Å². The molecule has 3 aromatic rings. The smallest absolute Gasteiger partial charge is 0.153 e. The van der Waals surface area contributed by atoms with Crippen LogP contribution in [-0.2, 0) is 0 Å². The van der Waals surface area contributed by atoms with Gasteiger partial charge in [-0.25, -0.2) is 14.4 Å². The van der Waals surface area contributed by atoms with E-state index < -0.39 is 0 Å². The summed E-state index contributed by atoms with van der Waals surface area (Å²) >= 11 is 6.16. The first-order valence-corrected chi connectivity index (χ1v) is 9.25. The SMILES string of the molecule is Cc1nc(Nc2cc(C3CC3)[nH]n2)cc(N[C@H](C)c2ccc(F)cc2Cl)n1. The molecule has 1 aliphatic rings. The van der Waals surface area contributed by atoms with Gasteiger partial charge in [0.15, 0.2) is 5.82 Å². The summed E-state index contributed by atoms with van der Waals surface area (Å²) in [4.78, 5) is 8.84.